The Balaban J connectivity index is 1.43. The lowest BCUT2D eigenvalue weighted by Crippen LogP contribution is -1.98. The van der Waals surface area contributed by atoms with Crippen LogP contribution in [0.3, 0.4) is 0 Å². The van der Waals surface area contributed by atoms with Crippen LogP contribution in [0.2, 0.25) is 0 Å². The van der Waals surface area contributed by atoms with Gasteiger partial charge in [0.25, 0.3) is 0 Å². The van der Waals surface area contributed by atoms with Gasteiger partial charge < -0.3 is 15.1 Å². The van der Waals surface area contributed by atoms with E-state index in [1.165, 1.54) is 118 Å². The van der Waals surface area contributed by atoms with E-state index < -0.39 is 0 Å². The molecule has 0 amide bonds. The summed E-state index contributed by atoms with van der Waals surface area (Å²) in [6.45, 7) is 16.3. The zero-order valence-corrected chi connectivity index (χ0v) is 51.1. The molecule has 2 aliphatic rings. The molecule has 9 heteroatoms. The number of aliphatic hydroxyl groups is 1. The SMILES string of the molecule is CCCCCc1ccc(CCCCC)c2c1-c1nc-2nc2[nH]c(nc3nc(nc4[nH]c(n1)c1c(CCCCC)ccc(CCCCC)c41)-c1c(C)ccc(CCCCCCCCCO)c1-3)c1c(CCCCC)ccc(CCCCC)c21. The Bertz CT molecular complexity index is 3380. The maximum atomic E-state index is 9.38. The molecule has 4 aromatic carbocycles. The quantitative estimate of drug-likeness (QED) is 0.0350. The fraction of sp³-hybridized carbons (Fsp3) is 0.556. The number of hydrogen-bond donors (Lipinski definition) is 3. The van der Waals surface area contributed by atoms with Crippen molar-refractivity contribution in [1.82, 2.24) is 39.9 Å². The summed E-state index contributed by atoms with van der Waals surface area (Å²) in [7, 11) is 0. The number of unbranched alkanes of at least 4 members (excludes halogenated alkanes) is 18. The third kappa shape index (κ3) is 14.0. The van der Waals surface area contributed by atoms with Crippen LogP contribution in [-0.2, 0) is 44.9 Å². The molecule has 0 atom stereocenters. The van der Waals surface area contributed by atoms with E-state index >= 15 is 0 Å². The first-order valence-electron chi connectivity index (χ1n) is 32.9. The predicted octanol–water partition coefficient (Wildman–Crippen LogP) is 19.8. The van der Waals surface area contributed by atoms with E-state index in [1.54, 1.807) is 0 Å². The predicted molar refractivity (Wildman–Crippen MR) is 343 cm³/mol. The van der Waals surface area contributed by atoms with Crippen molar-refractivity contribution >= 4 is 44.1 Å². The molecule has 7 aromatic rings. The van der Waals surface area contributed by atoms with Crippen LogP contribution in [0.1, 0.15) is 247 Å². The summed E-state index contributed by atoms with van der Waals surface area (Å²) in [5.41, 5.74) is 18.1. The summed E-state index contributed by atoms with van der Waals surface area (Å²) >= 11 is 0. The lowest BCUT2D eigenvalue weighted by molar-refractivity contribution is 0.282. The molecule has 0 saturated heterocycles. The summed E-state index contributed by atoms with van der Waals surface area (Å²) in [5.74, 6) is 2.93. The molecule has 9 rings (SSSR count). The van der Waals surface area contributed by atoms with Crippen molar-refractivity contribution in [1.29, 1.82) is 0 Å². The average Bonchev–Trinajstić information content (AvgIpc) is 4.42. The van der Waals surface area contributed by atoms with Crippen LogP contribution in [0.4, 0.5) is 0 Å². The van der Waals surface area contributed by atoms with Crippen LogP contribution < -0.4 is 0 Å². The minimum Gasteiger partial charge on any atom is -0.396 e. The molecule has 3 aromatic heterocycles. The molecule has 0 aliphatic carbocycles. The lowest BCUT2D eigenvalue weighted by Gasteiger charge is -2.13. The molecule has 8 bridgehead atoms. The number of H-pyrrole nitrogens is 2. The summed E-state index contributed by atoms with van der Waals surface area (Å²) < 4.78 is 0. The number of hydrogen-bond acceptors (Lipinski definition) is 7. The molecule has 3 N–H and O–H groups in total. The second-order valence-corrected chi connectivity index (χ2v) is 24.0. The van der Waals surface area contributed by atoms with E-state index in [0.717, 1.165) is 216 Å². The van der Waals surface area contributed by atoms with Crippen LogP contribution in [-0.4, -0.2) is 51.6 Å². The molecular formula is C72H98N8O. The molecule has 0 unspecified atom stereocenters. The van der Waals surface area contributed by atoms with E-state index in [1.807, 2.05) is 0 Å². The van der Waals surface area contributed by atoms with Gasteiger partial charge in [-0.05, 0) is 148 Å². The van der Waals surface area contributed by atoms with Gasteiger partial charge in [0.2, 0.25) is 0 Å². The van der Waals surface area contributed by atoms with Gasteiger partial charge in [-0.2, -0.15) is 0 Å². The van der Waals surface area contributed by atoms with Crippen molar-refractivity contribution < 1.29 is 5.11 Å². The van der Waals surface area contributed by atoms with Gasteiger partial charge in [0.1, 0.15) is 22.6 Å². The topological polar surface area (TPSA) is 129 Å². The molecule has 81 heavy (non-hydrogen) atoms. The Morgan fingerprint density at radius 3 is 0.852 bits per heavy atom. The Hall–Kier alpha value is -5.80. The normalized spacial score (nSPS) is 12.1. The maximum Gasteiger partial charge on any atom is 0.165 e. The highest BCUT2D eigenvalue weighted by Crippen LogP contribution is 2.44. The number of rotatable bonds is 33. The average molecular weight is 1090 g/mol. The smallest absolute Gasteiger partial charge is 0.165 e. The summed E-state index contributed by atoms with van der Waals surface area (Å²) in [6, 6.07) is 19.0. The van der Waals surface area contributed by atoms with Crippen molar-refractivity contribution in [3.63, 3.8) is 0 Å². The van der Waals surface area contributed by atoms with Gasteiger partial charge >= 0.3 is 0 Å². The van der Waals surface area contributed by atoms with Crippen molar-refractivity contribution in [2.24, 2.45) is 0 Å². The number of aromatic amines is 2. The fourth-order valence-electron chi connectivity index (χ4n) is 13.1. The van der Waals surface area contributed by atoms with Gasteiger partial charge in [0.15, 0.2) is 23.3 Å². The summed E-state index contributed by atoms with van der Waals surface area (Å²) in [5, 5.41) is 14.1. The molecule has 9 nitrogen and oxygen atoms in total. The maximum absolute atomic E-state index is 9.38. The van der Waals surface area contributed by atoms with Crippen molar-refractivity contribution in [2.75, 3.05) is 6.61 Å². The summed E-state index contributed by atoms with van der Waals surface area (Å²) in [6.07, 6.45) is 35.2. The van der Waals surface area contributed by atoms with Crippen molar-refractivity contribution in [3.05, 3.63) is 93.0 Å². The molecule has 432 valence electrons. The number of nitrogens with zero attached hydrogens (tertiary/aromatic N) is 6. The van der Waals surface area contributed by atoms with E-state index in [0.29, 0.717) is 5.82 Å². The molecule has 0 saturated carbocycles. The largest absolute Gasteiger partial charge is 0.396 e. The standard InChI is InChI=1S/C72H98N8O/c1-8-14-25-33-51-42-43-52(34-26-15-9-2)60-59(51)67-74-65-57-49(7)40-41-50(39-31-23-21-20-22-24-32-48-81)58(57)66(73-65)75-68-61-53(35-27-16-10-3)44-45-54(36-28-17-11-4)62(61)70(77-68)79-72-64-56(38-30-19-13-6)47-46-55(37-29-18-12-5)63(64)71(80-72)78-69(60)76-67/h40-47,81H,8-39,48H2,1-7H3,(H2,73,74,75,76,77,78,79,80). The lowest BCUT2D eigenvalue weighted by atomic mass is 9.91. The van der Waals surface area contributed by atoms with E-state index in [-0.39, 0.29) is 6.61 Å². The summed E-state index contributed by atoms with van der Waals surface area (Å²) in [4.78, 5) is 42.8. The molecule has 0 spiro atoms. The molecule has 5 heterocycles. The number of aromatic nitrogens is 8. The Morgan fingerprint density at radius 2 is 0.531 bits per heavy atom. The monoisotopic (exact) mass is 1090 g/mol. The second kappa shape index (κ2) is 30.0. The molecule has 0 radical (unpaired) electrons. The molecule has 2 aliphatic heterocycles. The number of benzene rings is 4. The van der Waals surface area contributed by atoms with E-state index in [2.05, 4.69) is 107 Å². The van der Waals surface area contributed by atoms with Gasteiger partial charge in [-0.1, -0.05) is 199 Å². The van der Waals surface area contributed by atoms with E-state index in [9.17, 15) is 5.11 Å². The molecular weight excluding hydrogens is 993 g/mol. The van der Waals surface area contributed by atoms with Crippen molar-refractivity contribution in [3.8, 4) is 45.6 Å². The van der Waals surface area contributed by atoms with Gasteiger partial charge in [-0.25, -0.2) is 29.9 Å². The molecule has 0 fully saturated rings. The number of aryl methyl sites for hydroxylation is 8. The first-order valence-corrected chi connectivity index (χ1v) is 32.9. The van der Waals surface area contributed by atoms with E-state index in [4.69, 9.17) is 29.9 Å². The van der Waals surface area contributed by atoms with Crippen LogP contribution in [0.15, 0.2) is 48.5 Å². The third-order valence-electron chi connectivity index (χ3n) is 17.6. The van der Waals surface area contributed by atoms with Crippen molar-refractivity contribution in [2.45, 2.75) is 254 Å². The highest BCUT2D eigenvalue weighted by molar-refractivity contribution is 6.10. The third-order valence-corrected chi connectivity index (χ3v) is 17.6. The Morgan fingerprint density at radius 1 is 0.284 bits per heavy atom. The fourth-order valence-corrected chi connectivity index (χ4v) is 13.1. The van der Waals surface area contributed by atoms with Gasteiger partial charge in [0, 0.05) is 50.4 Å². The number of nitrogens with one attached hydrogen (secondary N) is 2. The van der Waals surface area contributed by atoms with Crippen LogP contribution in [0.5, 0.6) is 0 Å². The number of aliphatic hydroxyl groups excluding tert-OH is 1. The number of fused-ring (bicyclic) bond motifs is 20. The highest BCUT2D eigenvalue weighted by atomic mass is 16.2. The highest BCUT2D eigenvalue weighted by Gasteiger charge is 2.29. The zero-order valence-electron chi connectivity index (χ0n) is 51.1. The zero-order chi connectivity index (χ0) is 56.5. The van der Waals surface area contributed by atoms with Gasteiger partial charge in [-0.15, -0.1) is 0 Å². The second-order valence-electron chi connectivity index (χ2n) is 24.0. The first-order chi connectivity index (χ1) is 39.8. The van der Waals surface area contributed by atoms with Gasteiger partial charge in [-0.3, -0.25) is 0 Å². The van der Waals surface area contributed by atoms with Crippen LogP contribution >= 0.6 is 0 Å². The van der Waals surface area contributed by atoms with Gasteiger partial charge in [0.05, 0.1) is 0 Å². The van der Waals surface area contributed by atoms with Crippen LogP contribution in [0.25, 0.3) is 89.7 Å². The Labute approximate surface area is 485 Å². The van der Waals surface area contributed by atoms with Crippen LogP contribution in [0, 0.1) is 6.92 Å². The minimum absolute atomic E-state index is 0.285. The first kappa shape index (κ1) is 59.8. The Kier molecular flexibility index (Phi) is 22.1. The minimum atomic E-state index is 0.285.